The first-order chi connectivity index (χ1) is 10.7. The molecule has 23 heavy (non-hydrogen) atoms. The summed E-state index contributed by atoms with van der Waals surface area (Å²) < 4.78 is 5.13. The third-order valence-electron chi connectivity index (χ3n) is 3.50. The number of amides is 1. The van der Waals surface area contributed by atoms with E-state index >= 15 is 0 Å². The molecule has 1 heterocycles. The zero-order chi connectivity index (χ0) is 17.3. The molecule has 7 heteroatoms. The summed E-state index contributed by atoms with van der Waals surface area (Å²) >= 11 is 0. The molecule has 0 bridgehead atoms. The average molecular weight is 318 g/mol. The molecule has 0 aliphatic rings. The van der Waals surface area contributed by atoms with Crippen LogP contribution in [0.25, 0.3) is 11.0 Å². The van der Waals surface area contributed by atoms with Gasteiger partial charge in [0, 0.05) is 29.6 Å². The number of non-ortho nitro benzene ring substituents is 1. The Bertz CT molecular complexity index is 815. The fourth-order valence-corrected chi connectivity index (χ4v) is 2.58. The van der Waals surface area contributed by atoms with Crippen LogP contribution in [-0.2, 0) is 0 Å². The predicted molar refractivity (Wildman–Crippen MR) is 85.6 cm³/mol. The van der Waals surface area contributed by atoms with Crippen molar-refractivity contribution < 1.29 is 14.1 Å². The highest BCUT2D eigenvalue weighted by atomic mass is 16.6. The van der Waals surface area contributed by atoms with Crippen molar-refractivity contribution in [1.82, 2.24) is 4.90 Å². The number of carbonyl (C=O) groups excluding carboxylic acids is 1. The SMILES string of the molecule is CC(C)N(C(=O)c1cc2cc([N+](=O)[O-])ccc2oc1=O)C(C)C. The van der Waals surface area contributed by atoms with E-state index in [1.807, 2.05) is 27.7 Å². The fourth-order valence-electron chi connectivity index (χ4n) is 2.58. The molecular formula is C16H18N2O5. The summed E-state index contributed by atoms with van der Waals surface area (Å²) in [5, 5.41) is 11.2. The van der Waals surface area contributed by atoms with Crippen LogP contribution >= 0.6 is 0 Å². The first-order valence-electron chi connectivity index (χ1n) is 7.27. The molecule has 0 aliphatic heterocycles. The summed E-state index contributed by atoms with van der Waals surface area (Å²) in [6.45, 7) is 7.41. The van der Waals surface area contributed by atoms with E-state index < -0.39 is 16.5 Å². The second-order valence-electron chi connectivity index (χ2n) is 5.83. The monoisotopic (exact) mass is 318 g/mol. The van der Waals surface area contributed by atoms with E-state index in [0.29, 0.717) is 5.39 Å². The van der Waals surface area contributed by atoms with Gasteiger partial charge in [-0.25, -0.2) is 4.79 Å². The number of nitro groups is 1. The Morgan fingerprint density at radius 2 is 1.78 bits per heavy atom. The largest absolute Gasteiger partial charge is 0.422 e. The Labute approximate surface area is 132 Å². The maximum Gasteiger partial charge on any atom is 0.349 e. The minimum absolute atomic E-state index is 0.0947. The van der Waals surface area contributed by atoms with E-state index in [4.69, 9.17) is 4.42 Å². The van der Waals surface area contributed by atoms with Gasteiger partial charge in [0.15, 0.2) is 0 Å². The summed E-state index contributed by atoms with van der Waals surface area (Å²) in [6.07, 6.45) is 0. The minimum atomic E-state index is -0.748. The van der Waals surface area contributed by atoms with Crippen molar-refractivity contribution in [2.45, 2.75) is 39.8 Å². The van der Waals surface area contributed by atoms with Gasteiger partial charge in [-0.2, -0.15) is 0 Å². The second-order valence-corrected chi connectivity index (χ2v) is 5.83. The molecule has 122 valence electrons. The van der Waals surface area contributed by atoms with Gasteiger partial charge in [0.25, 0.3) is 11.6 Å². The van der Waals surface area contributed by atoms with Crippen LogP contribution < -0.4 is 5.63 Å². The zero-order valence-corrected chi connectivity index (χ0v) is 13.4. The lowest BCUT2D eigenvalue weighted by Gasteiger charge is -2.30. The van der Waals surface area contributed by atoms with Crippen molar-refractivity contribution in [3.8, 4) is 0 Å². The lowest BCUT2D eigenvalue weighted by molar-refractivity contribution is -0.384. The number of hydrogen-bond donors (Lipinski definition) is 0. The van der Waals surface area contributed by atoms with E-state index in [9.17, 15) is 19.7 Å². The normalized spacial score (nSPS) is 11.2. The van der Waals surface area contributed by atoms with E-state index in [0.717, 1.165) is 0 Å². The van der Waals surface area contributed by atoms with Crippen LogP contribution in [0.5, 0.6) is 0 Å². The highest BCUT2D eigenvalue weighted by Gasteiger charge is 2.25. The molecule has 1 aromatic heterocycles. The highest BCUT2D eigenvalue weighted by molar-refractivity contribution is 5.97. The molecule has 2 rings (SSSR count). The van der Waals surface area contributed by atoms with E-state index in [-0.39, 0.29) is 28.9 Å². The molecule has 0 atom stereocenters. The molecule has 0 unspecified atom stereocenters. The van der Waals surface area contributed by atoms with Crippen LogP contribution in [0.2, 0.25) is 0 Å². The van der Waals surface area contributed by atoms with Gasteiger partial charge in [0.05, 0.1) is 4.92 Å². The van der Waals surface area contributed by atoms with Gasteiger partial charge in [-0.1, -0.05) is 0 Å². The average Bonchev–Trinajstić information content (AvgIpc) is 2.44. The van der Waals surface area contributed by atoms with E-state index in [2.05, 4.69) is 0 Å². The number of carbonyl (C=O) groups is 1. The number of fused-ring (bicyclic) bond motifs is 1. The molecule has 0 radical (unpaired) electrons. The molecule has 7 nitrogen and oxygen atoms in total. The number of hydrogen-bond acceptors (Lipinski definition) is 5. The molecular weight excluding hydrogens is 300 g/mol. The fraction of sp³-hybridized carbons (Fsp3) is 0.375. The van der Waals surface area contributed by atoms with Crippen LogP contribution in [0.4, 0.5) is 5.69 Å². The van der Waals surface area contributed by atoms with Gasteiger partial charge < -0.3 is 9.32 Å². The Hall–Kier alpha value is -2.70. The molecule has 0 saturated heterocycles. The van der Waals surface area contributed by atoms with Gasteiger partial charge in [0.2, 0.25) is 0 Å². The van der Waals surface area contributed by atoms with Gasteiger partial charge in [-0.3, -0.25) is 14.9 Å². The standard InChI is InChI=1S/C16H18N2O5/c1-9(2)17(10(3)4)15(19)13-8-11-7-12(18(21)22)5-6-14(11)23-16(13)20/h5-10H,1-4H3. The van der Waals surface area contributed by atoms with Gasteiger partial charge in [-0.05, 0) is 39.8 Å². The number of rotatable bonds is 4. The predicted octanol–water partition coefficient (Wildman–Crippen LogP) is 2.96. The first-order valence-corrected chi connectivity index (χ1v) is 7.27. The van der Waals surface area contributed by atoms with Gasteiger partial charge in [0.1, 0.15) is 11.1 Å². The van der Waals surface area contributed by atoms with Crippen molar-refractivity contribution >= 4 is 22.6 Å². The Morgan fingerprint density at radius 1 is 1.17 bits per heavy atom. The Kier molecular flexibility index (Phi) is 4.49. The third kappa shape index (κ3) is 3.23. The molecule has 2 aromatic rings. The quantitative estimate of drug-likeness (QED) is 0.491. The van der Waals surface area contributed by atoms with Crippen molar-refractivity contribution in [2.75, 3.05) is 0 Å². The first kappa shape index (κ1) is 16.7. The molecule has 0 saturated carbocycles. The summed E-state index contributed by atoms with van der Waals surface area (Å²) in [5.74, 6) is -0.447. The molecule has 0 fully saturated rings. The summed E-state index contributed by atoms with van der Waals surface area (Å²) in [6, 6.07) is 5.05. The highest BCUT2D eigenvalue weighted by Crippen LogP contribution is 2.21. The number of benzene rings is 1. The smallest absolute Gasteiger partial charge is 0.349 e. The van der Waals surface area contributed by atoms with Crippen LogP contribution in [-0.4, -0.2) is 27.8 Å². The maximum atomic E-state index is 12.6. The van der Waals surface area contributed by atoms with Crippen molar-refractivity contribution in [3.63, 3.8) is 0 Å². The molecule has 1 amide bonds. The lowest BCUT2D eigenvalue weighted by atomic mass is 10.1. The van der Waals surface area contributed by atoms with Crippen LogP contribution in [0.15, 0.2) is 33.5 Å². The maximum absolute atomic E-state index is 12.6. The van der Waals surface area contributed by atoms with Crippen LogP contribution in [0.3, 0.4) is 0 Å². The van der Waals surface area contributed by atoms with Crippen LogP contribution in [0.1, 0.15) is 38.1 Å². The van der Waals surface area contributed by atoms with Crippen LogP contribution in [0, 0.1) is 10.1 Å². The number of nitro benzene ring substituents is 1. The third-order valence-corrected chi connectivity index (χ3v) is 3.50. The summed E-state index contributed by atoms with van der Waals surface area (Å²) in [7, 11) is 0. The molecule has 0 N–H and O–H groups in total. The molecule has 0 aliphatic carbocycles. The van der Waals surface area contributed by atoms with Crippen molar-refractivity contribution in [1.29, 1.82) is 0 Å². The van der Waals surface area contributed by atoms with Gasteiger partial charge >= 0.3 is 5.63 Å². The minimum Gasteiger partial charge on any atom is -0.422 e. The Balaban J connectivity index is 2.60. The molecule has 0 spiro atoms. The van der Waals surface area contributed by atoms with Crippen molar-refractivity contribution in [2.24, 2.45) is 0 Å². The van der Waals surface area contributed by atoms with Crippen molar-refractivity contribution in [3.05, 3.63) is 50.4 Å². The number of nitrogens with zero attached hydrogens (tertiary/aromatic N) is 2. The van der Waals surface area contributed by atoms with E-state index in [1.165, 1.54) is 24.3 Å². The zero-order valence-electron chi connectivity index (χ0n) is 13.4. The lowest BCUT2D eigenvalue weighted by Crippen LogP contribution is -2.43. The second kappa shape index (κ2) is 6.20. The topological polar surface area (TPSA) is 93.7 Å². The van der Waals surface area contributed by atoms with Gasteiger partial charge in [-0.15, -0.1) is 0 Å². The van der Waals surface area contributed by atoms with E-state index in [1.54, 1.807) is 4.90 Å². The molecule has 1 aromatic carbocycles. The Morgan fingerprint density at radius 3 is 2.30 bits per heavy atom. The summed E-state index contributed by atoms with van der Waals surface area (Å²) in [4.78, 5) is 36.6. The summed E-state index contributed by atoms with van der Waals surface area (Å²) in [5.41, 5.74) is -0.796.